The molecule has 192 valence electrons. The molecular weight excluding hydrogens is 498 g/mol. The Morgan fingerprint density at radius 3 is 2.32 bits per heavy atom. The number of fused-ring (bicyclic) bond motifs is 4. The van der Waals surface area contributed by atoms with Gasteiger partial charge in [-0.3, -0.25) is 0 Å². The first-order valence-electron chi connectivity index (χ1n) is 13.8. The summed E-state index contributed by atoms with van der Waals surface area (Å²) in [5, 5.41) is 5.78. The third-order valence-corrected chi connectivity index (χ3v) is 7.85. The molecule has 0 saturated heterocycles. The summed E-state index contributed by atoms with van der Waals surface area (Å²) in [7, 11) is 0. The summed E-state index contributed by atoms with van der Waals surface area (Å²) >= 11 is 0. The van der Waals surface area contributed by atoms with Crippen LogP contribution < -0.4 is 0 Å². The molecule has 41 heavy (non-hydrogen) atoms. The van der Waals surface area contributed by atoms with E-state index in [4.69, 9.17) is 9.97 Å². The summed E-state index contributed by atoms with van der Waals surface area (Å²) in [5.41, 5.74) is 9.36. The molecule has 3 heteroatoms. The number of aromatic nitrogens is 3. The lowest BCUT2D eigenvalue weighted by Crippen LogP contribution is -1.89. The van der Waals surface area contributed by atoms with Gasteiger partial charge < -0.3 is 4.98 Å². The van der Waals surface area contributed by atoms with E-state index in [1.807, 2.05) is 18.2 Å². The molecule has 1 N–H and O–H groups in total. The maximum absolute atomic E-state index is 5.14. The van der Waals surface area contributed by atoms with Gasteiger partial charge in [0, 0.05) is 27.9 Å². The van der Waals surface area contributed by atoms with Crippen molar-refractivity contribution in [3.05, 3.63) is 145 Å². The number of nitrogens with one attached hydrogen (secondary N) is 1. The molecule has 7 aromatic rings. The standard InChI is InChI=1S/C38H25N3/c1-3-12-31-25(8-1)16-17-26-19-21-34(41-38(26)31)29-11-7-10-27(22-29)28-18-20-32-33(23-28)30-9-2-4-13-35(32)40-37-15-6-5-14-36(37)39-24-30/h1-24,39H/b9-2-,13-4-,30-24?,40-35?. The summed E-state index contributed by atoms with van der Waals surface area (Å²) in [4.78, 5) is 13.7. The molecule has 0 atom stereocenters. The van der Waals surface area contributed by atoms with Gasteiger partial charge >= 0.3 is 0 Å². The lowest BCUT2D eigenvalue weighted by atomic mass is 9.96. The van der Waals surface area contributed by atoms with Crippen LogP contribution in [0.1, 0.15) is 11.3 Å². The molecule has 2 aromatic heterocycles. The zero-order valence-corrected chi connectivity index (χ0v) is 22.3. The van der Waals surface area contributed by atoms with E-state index < -0.39 is 0 Å². The van der Waals surface area contributed by atoms with Crippen molar-refractivity contribution in [2.24, 2.45) is 0 Å². The number of rotatable bonds is 2. The lowest BCUT2D eigenvalue weighted by molar-refractivity contribution is 1.37. The number of para-hydroxylation sites is 2. The highest BCUT2D eigenvalue weighted by Crippen LogP contribution is 2.32. The number of allylic oxidation sites excluding steroid dienone is 2. The Labute approximate surface area is 237 Å². The van der Waals surface area contributed by atoms with Gasteiger partial charge in [-0.2, -0.15) is 0 Å². The highest BCUT2D eigenvalue weighted by atomic mass is 14.7. The van der Waals surface area contributed by atoms with Gasteiger partial charge in [0.2, 0.25) is 0 Å². The topological polar surface area (TPSA) is 41.6 Å². The largest absolute Gasteiger partial charge is 0.359 e. The van der Waals surface area contributed by atoms with Crippen molar-refractivity contribution in [2.45, 2.75) is 0 Å². The molecule has 0 radical (unpaired) electrons. The van der Waals surface area contributed by atoms with Gasteiger partial charge in [0.15, 0.2) is 0 Å². The molecule has 5 aromatic carbocycles. The average molecular weight is 524 g/mol. The first kappa shape index (κ1) is 23.4. The second kappa shape index (κ2) is 9.58. The second-order valence-electron chi connectivity index (χ2n) is 10.4. The molecule has 0 fully saturated rings. The number of aromatic amines is 1. The van der Waals surface area contributed by atoms with Gasteiger partial charge in [-0.1, -0.05) is 103 Å². The third-order valence-electron chi connectivity index (χ3n) is 7.85. The minimum Gasteiger partial charge on any atom is -0.359 e. The molecule has 0 spiro atoms. The van der Waals surface area contributed by atoms with Gasteiger partial charge in [-0.15, -0.1) is 0 Å². The number of benzene rings is 5. The van der Waals surface area contributed by atoms with E-state index in [9.17, 15) is 0 Å². The smallest absolute Gasteiger partial charge is 0.0871 e. The molecule has 0 saturated carbocycles. The highest BCUT2D eigenvalue weighted by molar-refractivity contribution is 6.06. The van der Waals surface area contributed by atoms with Crippen LogP contribution in [0.3, 0.4) is 0 Å². The SMILES string of the molecule is C1=C\c2c[nH]c3ccccc3nc(c3ccc(-c4cccc(-c5ccc6ccc7ccccc7c6n5)c4)cc23)\C=C/1. The predicted octanol–water partition coefficient (Wildman–Crippen LogP) is 9.92. The van der Waals surface area contributed by atoms with E-state index in [1.54, 1.807) is 0 Å². The number of hydrogen-bond acceptors (Lipinski definition) is 2. The van der Waals surface area contributed by atoms with Crippen molar-refractivity contribution >= 4 is 55.6 Å². The summed E-state index contributed by atoms with van der Waals surface area (Å²) in [6.07, 6.45) is 10.4. The first-order valence-corrected chi connectivity index (χ1v) is 13.8. The molecule has 2 heterocycles. The van der Waals surface area contributed by atoms with Crippen molar-refractivity contribution in [1.82, 2.24) is 15.0 Å². The molecule has 0 unspecified atom stereocenters. The second-order valence-corrected chi connectivity index (χ2v) is 10.4. The van der Waals surface area contributed by atoms with Crippen LogP contribution in [0.15, 0.2) is 134 Å². The molecule has 3 nitrogen and oxygen atoms in total. The van der Waals surface area contributed by atoms with Crippen molar-refractivity contribution < 1.29 is 0 Å². The van der Waals surface area contributed by atoms with Crippen molar-refractivity contribution in [1.29, 1.82) is 0 Å². The molecule has 2 bridgehead atoms. The number of pyridine rings is 1. The lowest BCUT2D eigenvalue weighted by Gasteiger charge is -2.10. The predicted molar refractivity (Wildman–Crippen MR) is 173 cm³/mol. The summed E-state index contributed by atoms with van der Waals surface area (Å²) < 4.78 is 0. The van der Waals surface area contributed by atoms with Crippen LogP contribution in [-0.4, -0.2) is 15.0 Å². The quantitative estimate of drug-likeness (QED) is 0.229. The van der Waals surface area contributed by atoms with Gasteiger partial charge in [-0.25, -0.2) is 9.97 Å². The zero-order chi connectivity index (χ0) is 27.2. The van der Waals surface area contributed by atoms with E-state index in [-0.39, 0.29) is 0 Å². The Kier molecular flexibility index (Phi) is 5.46. The summed E-state index contributed by atoms with van der Waals surface area (Å²) in [6.45, 7) is 0. The van der Waals surface area contributed by atoms with Crippen LogP contribution in [0.25, 0.3) is 78.0 Å². The Morgan fingerprint density at radius 1 is 0.512 bits per heavy atom. The molecule has 1 aliphatic rings. The van der Waals surface area contributed by atoms with Gasteiger partial charge in [0.05, 0.1) is 27.9 Å². The molecule has 0 aliphatic heterocycles. The number of nitrogens with zero attached hydrogens (tertiary/aromatic N) is 2. The maximum Gasteiger partial charge on any atom is 0.0871 e. The fraction of sp³-hybridized carbons (Fsp3) is 0. The Morgan fingerprint density at radius 2 is 1.32 bits per heavy atom. The van der Waals surface area contributed by atoms with Crippen molar-refractivity contribution in [3.63, 3.8) is 0 Å². The van der Waals surface area contributed by atoms with Gasteiger partial charge in [0.25, 0.3) is 0 Å². The molecular formula is C38H25N3. The molecule has 0 amide bonds. The first-order chi connectivity index (χ1) is 20.3. The Hall–Kier alpha value is -5.54. The molecule has 8 rings (SSSR count). The van der Waals surface area contributed by atoms with E-state index in [1.165, 1.54) is 10.8 Å². The van der Waals surface area contributed by atoms with E-state index in [2.05, 4.69) is 133 Å². The fourth-order valence-electron chi connectivity index (χ4n) is 5.75. The monoisotopic (exact) mass is 523 g/mol. The zero-order valence-electron chi connectivity index (χ0n) is 22.3. The Bertz CT molecular complexity index is 2270. The highest BCUT2D eigenvalue weighted by Gasteiger charge is 2.10. The van der Waals surface area contributed by atoms with Crippen LogP contribution in [0.4, 0.5) is 0 Å². The van der Waals surface area contributed by atoms with E-state index >= 15 is 0 Å². The average Bonchev–Trinajstić information content (AvgIpc) is 3.05. The summed E-state index contributed by atoms with van der Waals surface area (Å²) in [5.74, 6) is 0. The van der Waals surface area contributed by atoms with Crippen LogP contribution in [0, 0.1) is 0 Å². The molecule has 1 aliphatic carbocycles. The Balaban J connectivity index is 1.30. The maximum atomic E-state index is 5.14. The summed E-state index contributed by atoms with van der Waals surface area (Å²) in [6, 6.07) is 40.6. The van der Waals surface area contributed by atoms with Crippen LogP contribution in [-0.2, 0) is 0 Å². The normalized spacial score (nSPS) is 13.8. The van der Waals surface area contributed by atoms with Crippen LogP contribution in [0.5, 0.6) is 0 Å². The number of hydrogen-bond donors (Lipinski definition) is 1. The fourth-order valence-corrected chi connectivity index (χ4v) is 5.75. The minimum atomic E-state index is 0.921. The van der Waals surface area contributed by atoms with E-state index in [0.29, 0.717) is 0 Å². The van der Waals surface area contributed by atoms with Crippen molar-refractivity contribution in [3.8, 4) is 22.4 Å². The van der Waals surface area contributed by atoms with Crippen molar-refractivity contribution in [2.75, 3.05) is 0 Å². The van der Waals surface area contributed by atoms with Gasteiger partial charge in [0.1, 0.15) is 0 Å². The number of H-pyrrole nitrogens is 1. The van der Waals surface area contributed by atoms with E-state index in [0.717, 1.165) is 66.4 Å². The minimum absolute atomic E-state index is 0.921. The van der Waals surface area contributed by atoms with Crippen LogP contribution >= 0.6 is 0 Å². The van der Waals surface area contributed by atoms with Gasteiger partial charge in [-0.05, 0) is 63.9 Å². The van der Waals surface area contributed by atoms with Crippen LogP contribution in [0.2, 0.25) is 0 Å². The third kappa shape index (κ3) is 4.16.